The zero-order chi connectivity index (χ0) is 15.6. The zero-order valence-electron chi connectivity index (χ0n) is 10.3. The molecular formula is C12H8ClN3O5. The maximum absolute atomic E-state index is 11.4. The largest absolute Gasteiger partial charge is 0.506 e. The van der Waals surface area contributed by atoms with E-state index in [0.717, 1.165) is 0 Å². The molecule has 9 heteroatoms. The van der Waals surface area contributed by atoms with Crippen LogP contribution in [0.15, 0.2) is 23.0 Å². The van der Waals surface area contributed by atoms with Crippen molar-refractivity contribution in [3.05, 3.63) is 55.1 Å². The van der Waals surface area contributed by atoms with Gasteiger partial charge >= 0.3 is 11.2 Å². The predicted octanol–water partition coefficient (Wildman–Crippen LogP) is 1.91. The van der Waals surface area contributed by atoms with E-state index in [-0.39, 0.29) is 16.6 Å². The molecule has 0 aliphatic rings. The first-order valence-electron chi connectivity index (χ1n) is 5.53. The maximum atomic E-state index is 11.4. The summed E-state index contributed by atoms with van der Waals surface area (Å²) in [6.07, 6.45) is 2.82. The van der Waals surface area contributed by atoms with Gasteiger partial charge in [0.1, 0.15) is 11.6 Å². The van der Waals surface area contributed by atoms with Gasteiger partial charge in [0.15, 0.2) is 0 Å². The monoisotopic (exact) mass is 309 g/mol. The lowest BCUT2D eigenvalue weighted by atomic mass is 10.2. The molecule has 8 nitrogen and oxygen atoms in total. The highest BCUT2D eigenvalue weighted by molar-refractivity contribution is 6.32. The Morgan fingerprint density at radius 2 is 2.05 bits per heavy atom. The number of hydrogen-bond donors (Lipinski definition) is 3. The van der Waals surface area contributed by atoms with Crippen molar-refractivity contribution in [2.75, 3.05) is 0 Å². The first-order chi connectivity index (χ1) is 9.88. The number of aromatic amines is 1. The number of aromatic nitrogens is 2. The summed E-state index contributed by atoms with van der Waals surface area (Å²) in [4.78, 5) is 26.6. The number of nitrogens with one attached hydrogen (secondary N) is 1. The standard InChI is InChI=1S/C12H8ClN3O5/c13-7-5-6(1-3-8(7)17)2-4-9-14-11(18)10(16(20)21)12(19)15-9/h1-5,17H,(H2,14,15,18,19). The van der Waals surface area contributed by atoms with Crippen LogP contribution in [0.4, 0.5) is 5.69 Å². The molecule has 21 heavy (non-hydrogen) atoms. The van der Waals surface area contributed by atoms with Crippen LogP contribution in [-0.2, 0) is 0 Å². The van der Waals surface area contributed by atoms with Crippen LogP contribution in [0.5, 0.6) is 11.6 Å². The molecule has 2 aromatic rings. The SMILES string of the molecule is O=c1[nH]c(C=Cc2ccc(O)c(Cl)c2)nc(O)c1[N+](=O)[O-]. The van der Waals surface area contributed by atoms with Gasteiger partial charge in [0.2, 0.25) is 0 Å². The minimum absolute atomic E-state index is 0.0627. The highest BCUT2D eigenvalue weighted by Gasteiger charge is 2.21. The third kappa shape index (κ3) is 3.18. The summed E-state index contributed by atoms with van der Waals surface area (Å²) in [6, 6.07) is 4.41. The van der Waals surface area contributed by atoms with Crippen molar-refractivity contribution in [1.82, 2.24) is 9.97 Å². The molecular weight excluding hydrogens is 302 g/mol. The zero-order valence-corrected chi connectivity index (χ0v) is 11.0. The van der Waals surface area contributed by atoms with Gasteiger partial charge in [-0.3, -0.25) is 14.9 Å². The Kier molecular flexibility index (Phi) is 3.90. The molecule has 0 fully saturated rings. The number of rotatable bonds is 3. The molecule has 0 atom stereocenters. The van der Waals surface area contributed by atoms with E-state index in [0.29, 0.717) is 5.56 Å². The molecule has 0 aliphatic heterocycles. The van der Waals surface area contributed by atoms with Crippen LogP contribution in [0.3, 0.4) is 0 Å². The van der Waals surface area contributed by atoms with Crippen molar-refractivity contribution < 1.29 is 15.1 Å². The predicted molar refractivity (Wildman–Crippen MR) is 75.2 cm³/mol. The second kappa shape index (κ2) is 5.63. The van der Waals surface area contributed by atoms with Crippen molar-refractivity contribution in [2.24, 2.45) is 0 Å². The molecule has 0 saturated heterocycles. The molecule has 3 N–H and O–H groups in total. The van der Waals surface area contributed by atoms with Crippen LogP contribution in [0.2, 0.25) is 5.02 Å². The Hall–Kier alpha value is -2.87. The van der Waals surface area contributed by atoms with E-state index in [2.05, 4.69) is 9.97 Å². The number of phenolic OH excluding ortho intramolecular Hbond substituents is 1. The number of nitrogens with zero attached hydrogens (tertiary/aromatic N) is 2. The van der Waals surface area contributed by atoms with Crippen LogP contribution < -0.4 is 5.56 Å². The molecule has 1 aromatic carbocycles. The van der Waals surface area contributed by atoms with Gasteiger partial charge in [0.25, 0.3) is 5.88 Å². The minimum atomic E-state index is -1.06. The summed E-state index contributed by atoms with van der Waals surface area (Å²) in [5.41, 5.74) is -1.48. The number of nitro groups is 1. The quantitative estimate of drug-likeness (QED) is 0.586. The van der Waals surface area contributed by atoms with Gasteiger partial charge in [-0.15, -0.1) is 0 Å². The van der Waals surface area contributed by atoms with Crippen molar-refractivity contribution in [2.45, 2.75) is 0 Å². The summed E-state index contributed by atoms with van der Waals surface area (Å²) in [6.45, 7) is 0. The van der Waals surface area contributed by atoms with Gasteiger partial charge in [-0.25, -0.2) is 0 Å². The second-order valence-corrected chi connectivity index (χ2v) is 4.33. The number of phenols is 1. The molecule has 2 rings (SSSR count). The molecule has 1 aromatic heterocycles. The van der Waals surface area contributed by atoms with Crippen LogP contribution in [-0.4, -0.2) is 25.1 Å². The molecule has 0 saturated carbocycles. The van der Waals surface area contributed by atoms with E-state index in [4.69, 9.17) is 11.6 Å². The highest BCUT2D eigenvalue weighted by atomic mass is 35.5. The number of H-pyrrole nitrogens is 1. The first-order valence-corrected chi connectivity index (χ1v) is 5.90. The Bertz CT molecular complexity index is 800. The maximum Gasteiger partial charge on any atom is 0.395 e. The number of halogens is 1. The molecule has 0 aliphatic carbocycles. The van der Waals surface area contributed by atoms with Gasteiger partial charge in [0, 0.05) is 0 Å². The Labute approximate surface area is 122 Å². The van der Waals surface area contributed by atoms with E-state index in [1.807, 2.05) is 0 Å². The molecule has 1 heterocycles. The van der Waals surface area contributed by atoms with E-state index in [1.165, 1.54) is 24.3 Å². The number of hydrogen-bond acceptors (Lipinski definition) is 6. The van der Waals surface area contributed by atoms with Crippen LogP contribution in [0.25, 0.3) is 12.2 Å². The third-order valence-electron chi connectivity index (χ3n) is 2.48. The van der Waals surface area contributed by atoms with E-state index < -0.39 is 22.0 Å². The fraction of sp³-hybridized carbons (Fsp3) is 0. The van der Waals surface area contributed by atoms with Crippen LogP contribution in [0, 0.1) is 10.1 Å². The normalized spacial score (nSPS) is 10.9. The highest BCUT2D eigenvalue weighted by Crippen LogP contribution is 2.24. The lowest BCUT2D eigenvalue weighted by molar-refractivity contribution is -0.387. The van der Waals surface area contributed by atoms with E-state index in [1.54, 1.807) is 6.07 Å². The number of aromatic hydroxyl groups is 2. The number of benzene rings is 1. The summed E-state index contributed by atoms with van der Waals surface area (Å²) >= 11 is 5.73. The Balaban J connectivity index is 2.35. The van der Waals surface area contributed by atoms with Gasteiger partial charge in [-0.2, -0.15) is 4.98 Å². The van der Waals surface area contributed by atoms with Crippen LogP contribution >= 0.6 is 11.6 Å². The molecule has 0 amide bonds. The molecule has 0 bridgehead atoms. The molecule has 0 spiro atoms. The molecule has 108 valence electrons. The second-order valence-electron chi connectivity index (χ2n) is 3.92. The summed E-state index contributed by atoms with van der Waals surface area (Å²) in [5, 5.41) is 29.3. The van der Waals surface area contributed by atoms with Crippen LogP contribution in [0.1, 0.15) is 11.4 Å². The topological polar surface area (TPSA) is 129 Å². The molecule has 0 unspecified atom stereocenters. The smallest absolute Gasteiger partial charge is 0.395 e. The molecule has 0 radical (unpaired) electrons. The Morgan fingerprint density at radius 1 is 1.33 bits per heavy atom. The van der Waals surface area contributed by atoms with Gasteiger partial charge in [-0.1, -0.05) is 23.7 Å². The lowest BCUT2D eigenvalue weighted by Gasteiger charge is -1.99. The van der Waals surface area contributed by atoms with Crippen molar-refractivity contribution in [3.63, 3.8) is 0 Å². The lowest BCUT2D eigenvalue weighted by Crippen LogP contribution is -2.14. The third-order valence-corrected chi connectivity index (χ3v) is 2.79. The van der Waals surface area contributed by atoms with E-state index >= 15 is 0 Å². The van der Waals surface area contributed by atoms with Crippen molar-refractivity contribution >= 4 is 29.4 Å². The van der Waals surface area contributed by atoms with Gasteiger partial charge in [0.05, 0.1) is 9.95 Å². The Morgan fingerprint density at radius 3 is 2.62 bits per heavy atom. The van der Waals surface area contributed by atoms with Gasteiger partial charge in [-0.05, 0) is 23.8 Å². The van der Waals surface area contributed by atoms with E-state index in [9.17, 15) is 25.1 Å². The summed E-state index contributed by atoms with van der Waals surface area (Å²) in [7, 11) is 0. The van der Waals surface area contributed by atoms with Crippen molar-refractivity contribution in [3.8, 4) is 11.6 Å². The average Bonchev–Trinajstić information content (AvgIpc) is 2.39. The van der Waals surface area contributed by atoms with Gasteiger partial charge < -0.3 is 15.2 Å². The summed E-state index contributed by atoms with van der Waals surface area (Å²) < 4.78 is 0. The fourth-order valence-electron chi connectivity index (χ4n) is 1.52. The minimum Gasteiger partial charge on any atom is -0.506 e. The van der Waals surface area contributed by atoms with Crippen molar-refractivity contribution in [1.29, 1.82) is 0 Å². The average molecular weight is 310 g/mol. The first kappa shape index (κ1) is 14.5. The summed E-state index contributed by atoms with van der Waals surface area (Å²) in [5.74, 6) is -1.10. The fourth-order valence-corrected chi connectivity index (χ4v) is 1.71.